The molecule has 1 aliphatic rings. The molecule has 1 aliphatic heterocycles. The molecule has 20 heavy (non-hydrogen) atoms. The van der Waals surface area contributed by atoms with E-state index in [1.165, 1.54) is 16.4 Å². The number of hydrogen-bond acceptors (Lipinski definition) is 4. The van der Waals surface area contributed by atoms with Crippen molar-refractivity contribution in [1.29, 1.82) is 0 Å². The van der Waals surface area contributed by atoms with E-state index in [2.05, 4.69) is 15.9 Å². The lowest BCUT2D eigenvalue weighted by atomic mass is 10.1. The zero-order chi connectivity index (χ0) is 14.1. The number of hydroxylamine groups is 2. The quantitative estimate of drug-likeness (QED) is 0.901. The molecule has 6 heteroatoms. The molecule has 1 saturated heterocycles. The molecule has 2 aromatic rings. The van der Waals surface area contributed by atoms with E-state index in [0.29, 0.717) is 18.0 Å². The minimum absolute atomic E-state index is 0.0403. The van der Waals surface area contributed by atoms with Crippen LogP contribution in [0.5, 0.6) is 0 Å². The summed E-state index contributed by atoms with van der Waals surface area (Å²) in [7, 11) is 0. The van der Waals surface area contributed by atoms with Crippen LogP contribution in [0.2, 0.25) is 0 Å². The van der Waals surface area contributed by atoms with Crippen molar-refractivity contribution in [2.45, 2.75) is 6.17 Å². The van der Waals surface area contributed by atoms with Crippen molar-refractivity contribution in [3.63, 3.8) is 0 Å². The van der Waals surface area contributed by atoms with Crippen molar-refractivity contribution in [3.8, 4) is 0 Å². The molecule has 4 nitrogen and oxygen atoms in total. The van der Waals surface area contributed by atoms with E-state index in [0.717, 1.165) is 10.0 Å². The summed E-state index contributed by atoms with van der Waals surface area (Å²) in [6, 6.07) is 11.3. The van der Waals surface area contributed by atoms with Crippen molar-refractivity contribution in [1.82, 2.24) is 9.96 Å². The van der Waals surface area contributed by atoms with Gasteiger partial charge in [-0.3, -0.25) is 4.79 Å². The van der Waals surface area contributed by atoms with Crippen molar-refractivity contribution in [2.75, 3.05) is 13.1 Å². The first kappa shape index (κ1) is 13.8. The Morgan fingerprint density at radius 1 is 1.30 bits per heavy atom. The molecule has 1 fully saturated rings. The Morgan fingerprint density at radius 3 is 2.85 bits per heavy atom. The summed E-state index contributed by atoms with van der Waals surface area (Å²) in [4.78, 5) is 14.9. The third kappa shape index (κ3) is 2.52. The van der Waals surface area contributed by atoms with Gasteiger partial charge in [0.25, 0.3) is 5.91 Å². The smallest absolute Gasteiger partial charge is 0.265 e. The van der Waals surface area contributed by atoms with Crippen molar-refractivity contribution in [2.24, 2.45) is 0 Å². The fraction of sp³-hybridized carbons (Fsp3) is 0.214. The maximum Gasteiger partial charge on any atom is 0.265 e. The lowest BCUT2D eigenvalue weighted by molar-refractivity contribution is -0.122. The Kier molecular flexibility index (Phi) is 3.89. The van der Waals surface area contributed by atoms with E-state index < -0.39 is 6.17 Å². The van der Waals surface area contributed by atoms with Crippen LogP contribution in [0.3, 0.4) is 0 Å². The van der Waals surface area contributed by atoms with Crippen LogP contribution in [0.15, 0.2) is 46.3 Å². The second-order valence-corrected chi connectivity index (χ2v) is 6.43. The first-order valence-corrected chi connectivity index (χ1v) is 7.89. The second-order valence-electron chi connectivity index (χ2n) is 4.57. The molecule has 1 N–H and O–H groups in total. The Morgan fingerprint density at radius 2 is 2.15 bits per heavy atom. The van der Waals surface area contributed by atoms with Gasteiger partial charge in [0.05, 0.1) is 4.88 Å². The largest absolute Gasteiger partial charge is 0.315 e. The summed E-state index contributed by atoms with van der Waals surface area (Å²) < 4.78 is 0.929. The molecule has 1 unspecified atom stereocenters. The molecule has 0 aliphatic carbocycles. The Balaban J connectivity index is 1.93. The van der Waals surface area contributed by atoms with Crippen molar-refractivity contribution < 1.29 is 10.0 Å². The lowest BCUT2D eigenvalue weighted by Gasteiger charge is -2.27. The fourth-order valence-corrected chi connectivity index (χ4v) is 3.49. The number of carbonyl (C=O) groups is 1. The molecule has 0 bridgehead atoms. The number of halogens is 1. The Hall–Kier alpha value is -1.21. The summed E-state index contributed by atoms with van der Waals surface area (Å²) in [5.74, 6) is -0.0403. The highest BCUT2D eigenvalue weighted by Crippen LogP contribution is 2.31. The predicted molar refractivity (Wildman–Crippen MR) is 80.7 cm³/mol. The van der Waals surface area contributed by atoms with Gasteiger partial charge in [-0.05, 0) is 29.1 Å². The van der Waals surface area contributed by atoms with Gasteiger partial charge in [-0.25, -0.2) is 0 Å². The molecule has 2 heterocycles. The van der Waals surface area contributed by atoms with Crippen LogP contribution in [0, 0.1) is 0 Å². The number of thiophene rings is 1. The van der Waals surface area contributed by atoms with Gasteiger partial charge < -0.3 is 10.1 Å². The molecule has 1 aromatic carbocycles. The van der Waals surface area contributed by atoms with Gasteiger partial charge in [-0.2, -0.15) is 5.06 Å². The van der Waals surface area contributed by atoms with E-state index in [9.17, 15) is 10.0 Å². The van der Waals surface area contributed by atoms with Crippen LogP contribution in [0.1, 0.15) is 21.4 Å². The second kappa shape index (κ2) is 5.65. The zero-order valence-electron chi connectivity index (χ0n) is 10.6. The third-order valence-electron chi connectivity index (χ3n) is 3.29. The number of carbonyl (C=O) groups excluding carboxylic acids is 1. The predicted octanol–water partition coefficient (Wildman–Crippen LogP) is 3.36. The fourth-order valence-electron chi connectivity index (χ4n) is 2.39. The summed E-state index contributed by atoms with van der Waals surface area (Å²) in [6.07, 6.45) is -0.429. The number of rotatable bonds is 2. The van der Waals surface area contributed by atoms with E-state index in [-0.39, 0.29) is 5.91 Å². The Labute approximate surface area is 129 Å². The van der Waals surface area contributed by atoms with Crippen LogP contribution < -0.4 is 0 Å². The van der Waals surface area contributed by atoms with Gasteiger partial charge in [0.1, 0.15) is 6.17 Å². The van der Waals surface area contributed by atoms with Crippen molar-refractivity contribution >= 4 is 33.2 Å². The minimum Gasteiger partial charge on any atom is -0.315 e. The molecule has 1 atom stereocenters. The number of amides is 1. The van der Waals surface area contributed by atoms with Crippen LogP contribution in [0.25, 0.3) is 0 Å². The molecular weight excluding hydrogens is 340 g/mol. The molecule has 104 valence electrons. The van der Waals surface area contributed by atoms with E-state index in [1.54, 1.807) is 4.90 Å². The van der Waals surface area contributed by atoms with Crippen LogP contribution in [0.4, 0.5) is 0 Å². The normalized spacial score (nSPS) is 19.5. The molecule has 3 rings (SSSR count). The van der Waals surface area contributed by atoms with Crippen molar-refractivity contribution in [3.05, 3.63) is 56.7 Å². The number of benzene rings is 1. The molecular formula is C14H13BrN2O2S. The molecule has 0 radical (unpaired) electrons. The number of nitrogens with zero attached hydrogens (tertiary/aromatic N) is 2. The number of hydrogen-bond donors (Lipinski definition) is 1. The summed E-state index contributed by atoms with van der Waals surface area (Å²) in [5.41, 5.74) is 0.893. The zero-order valence-corrected chi connectivity index (χ0v) is 13.0. The maximum atomic E-state index is 12.5. The SMILES string of the molecule is O=C(c1cccs1)N1CCN(O)C1c1cccc(Br)c1. The van der Waals surface area contributed by atoms with Gasteiger partial charge in [0.2, 0.25) is 0 Å². The average molecular weight is 353 g/mol. The molecule has 0 spiro atoms. The standard InChI is InChI=1S/C14H13BrN2O2S/c15-11-4-1-3-10(9-11)13-16(6-7-17(13)19)14(18)12-5-2-8-20-12/h1-5,8-9,13,19H,6-7H2. The molecule has 0 saturated carbocycles. The highest BCUT2D eigenvalue weighted by molar-refractivity contribution is 9.10. The van der Waals surface area contributed by atoms with Crippen LogP contribution in [-0.2, 0) is 0 Å². The Bertz CT molecular complexity index is 617. The third-order valence-corrected chi connectivity index (χ3v) is 4.64. The highest BCUT2D eigenvalue weighted by atomic mass is 79.9. The molecule has 1 aromatic heterocycles. The van der Waals surface area contributed by atoms with E-state index >= 15 is 0 Å². The highest BCUT2D eigenvalue weighted by Gasteiger charge is 2.36. The van der Waals surface area contributed by atoms with Gasteiger partial charge in [-0.15, -0.1) is 11.3 Å². The summed E-state index contributed by atoms with van der Waals surface area (Å²) in [5, 5.41) is 13.2. The van der Waals surface area contributed by atoms with Gasteiger partial charge >= 0.3 is 0 Å². The minimum atomic E-state index is -0.429. The average Bonchev–Trinajstić information content (AvgIpc) is 3.07. The van der Waals surface area contributed by atoms with Gasteiger partial charge in [-0.1, -0.05) is 34.1 Å². The van der Waals surface area contributed by atoms with Crippen LogP contribution in [-0.4, -0.2) is 34.2 Å². The monoisotopic (exact) mass is 352 g/mol. The van der Waals surface area contributed by atoms with E-state index in [4.69, 9.17) is 0 Å². The van der Waals surface area contributed by atoms with E-state index in [1.807, 2.05) is 41.8 Å². The lowest BCUT2D eigenvalue weighted by Crippen LogP contribution is -2.33. The van der Waals surface area contributed by atoms with Gasteiger partial charge in [0.15, 0.2) is 0 Å². The van der Waals surface area contributed by atoms with Gasteiger partial charge in [0, 0.05) is 17.6 Å². The first-order chi connectivity index (χ1) is 9.66. The topological polar surface area (TPSA) is 43.8 Å². The first-order valence-electron chi connectivity index (χ1n) is 6.22. The van der Waals surface area contributed by atoms with Crippen LogP contribution >= 0.6 is 27.3 Å². The summed E-state index contributed by atoms with van der Waals surface area (Å²) >= 11 is 4.84. The maximum absolute atomic E-state index is 12.5. The summed E-state index contributed by atoms with van der Waals surface area (Å²) in [6.45, 7) is 0.971. The molecule has 1 amide bonds.